The summed E-state index contributed by atoms with van der Waals surface area (Å²) < 4.78 is 0. The second kappa shape index (κ2) is 6.33. The van der Waals surface area contributed by atoms with Crippen molar-refractivity contribution >= 4 is 0 Å². The van der Waals surface area contributed by atoms with Gasteiger partial charge in [-0.3, -0.25) is 4.90 Å². The van der Waals surface area contributed by atoms with E-state index in [1.54, 1.807) is 0 Å². The van der Waals surface area contributed by atoms with Crippen molar-refractivity contribution in [2.75, 3.05) is 39.3 Å². The molecule has 106 valence electrons. The van der Waals surface area contributed by atoms with E-state index in [0.29, 0.717) is 6.54 Å². The number of hydrogen-bond acceptors (Lipinski definition) is 4. The first-order valence-corrected chi connectivity index (χ1v) is 7.49. The number of rotatable bonds is 5. The third-order valence-electron chi connectivity index (χ3n) is 4.52. The molecule has 3 N–H and O–H groups in total. The SMILES string of the molecule is CC(O)(CN)CCCN1CCCN2CCCC2C1. The third-order valence-corrected chi connectivity index (χ3v) is 4.52. The molecule has 2 aliphatic rings. The van der Waals surface area contributed by atoms with Gasteiger partial charge in [0.25, 0.3) is 0 Å². The number of aliphatic hydroxyl groups is 1. The molecule has 4 heteroatoms. The topological polar surface area (TPSA) is 52.7 Å². The van der Waals surface area contributed by atoms with Gasteiger partial charge in [-0.25, -0.2) is 0 Å². The van der Waals surface area contributed by atoms with Crippen LogP contribution in [0.2, 0.25) is 0 Å². The van der Waals surface area contributed by atoms with Crippen LogP contribution in [0, 0.1) is 0 Å². The van der Waals surface area contributed by atoms with E-state index in [4.69, 9.17) is 5.73 Å². The third kappa shape index (κ3) is 3.92. The quantitative estimate of drug-likeness (QED) is 0.757. The highest BCUT2D eigenvalue weighted by atomic mass is 16.3. The van der Waals surface area contributed by atoms with Gasteiger partial charge in [-0.05, 0) is 65.2 Å². The highest BCUT2D eigenvalue weighted by molar-refractivity contribution is 4.85. The molecule has 2 aliphatic heterocycles. The summed E-state index contributed by atoms with van der Waals surface area (Å²) in [4.78, 5) is 5.25. The highest BCUT2D eigenvalue weighted by Gasteiger charge is 2.28. The maximum atomic E-state index is 9.91. The maximum Gasteiger partial charge on any atom is 0.0741 e. The monoisotopic (exact) mass is 255 g/mol. The first kappa shape index (κ1) is 14.3. The second-order valence-corrected chi connectivity index (χ2v) is 6.29. The summed E-state index contributed by atoms with van der Waals surface area (Å²) in [5.41, 5.74) is 4.87. The van der Waals surface area contributed by atoms with E-state index in [9.17, 15) is 5.11 Å². The Hall–Kier alpha value is -0.160. The number of fused-ring (bicyclic) bond motifs is 1. The molecular formula is C14H29N3O. The maximum absolute atomic E-state index is 9.91. The fraction of sp³-hybridized carbons (Fsp3) is 1.00. The van der Waals surface area contributed by atoms with Crippen LogP contribution in [0.25, 0.3) is 0 Å². The van der Waals surface area contributed by atoms with Crippen LogP contribution in [0.5, 0.6) is 0 Å². The van der Waals surface area contributed by atoms with Crippen LogP contribution in [-0.4, -0.2) is 65.8 Å². The van der Waals surface area contributed by atoms with Crippen LogP contribution < -0.4 is 5.73 Å². The Morgan fingerprint density at radius 1 is 1.28 bits per heavy atom. The molecule has 0 bridgehead atoms. The predicted molar refractivity (Wildman–Crippen MR) is 74.6 cm³/mol. The Bertz CT molecular complexity index is 257. The van der Waals surface area contributed by atoms with Crippen LogP contribution in [0.4, 0.5) is 0 Å². The van der Waals surface area contributed by atoms with Gasteiger partial charge in [-0.2, -0.15) is 0 Å². The number of nitrogens with two attached hydrogens (primary N) is 1. The summed E-state index contributed by atoms with van der Waals surface area (Å²) >= 11 is 0. The summed E-state index contributed by atoms with van der Waals surface area (Å²) in [5, 5.41) is 9.91. The molecule has 4 nitrogen and oxygen atoms in total. The van der Waals surface area contributed by atoms with Gasteiger partial charge in [0, 0.05) is 19.1 Å². The standard InChI is InChI=1S/C14H29N3O/c1-14(18,12-15)6-3-7-16-8-4-10-17-9-2-5-13(17)11-16/h13,18H,2-12,15H2,1H3. The number of hydrogen-bond donors (Lipinski definition) is 2. The van der Waals surface area contributed by atoms with Gasteiger partial charge in [0.05, 0.1) is 5.60 Å². The molecular weight excluding hydrogens is 226 g/mol. The molecule has 2 rings (SSSR count). The van der Waals surface area contributed by atoms with E-state index in [1.165, 1.54) is 45.4 Å². The molecule has 0 amide bonds. The minimum absolute atomic E-state index is 0.364. The van der Waals surface area contributed by atoms with Crippen molar-refractivity contribution in [1.29, 1.82) is 0 Å². The van der Waals surface area contributed by atoms with Gasteiger partial charge < -0.3 is 15.7 Å². The molecule has 0 aromatic heterocycles. The minimum atomic E-state index is -0.675. The van der Waals surface area contributed by atoms with Crippen molar-refractivity contribution in [3.8, 4) is 0 Å². The molecule has 0 aromatic carbocycles. The summed E-state index contributed by atoms with van der Waals surface area (Å²) in [6.07, 6.45) is 5.91. The Labute approximate surface area is 111 Å². The van der Waals surface area contributed by atoms with Gasteiger partial charge in [-0.15, -0.1) is 0 Å². The fourth-order valence-electron chi connectivity index (χ4n) is 3.27. The van der Waals surface area contributed by atoms with Crippen LogP contribution >= 0.6 is 0 Å². The van der Waals surface area contributed by atoms with Gasteiger partial charge in [-0.1, -0.05) is 0 Å². The van der Waals surface area contributed by atoms with Crippen molar-refractivity contribution in [2.45, 2.75) is 50.7 Å². The van der Waals surface area contributed by atoms with Gasteiger partial charge >= 0.3 is 0 Å². The average Bonchev–Trinajstić information content (AvgIpc) is 2.68. The lowest BCUT2D eigenvalue weighted by atomic mass is 10.0. The number of nitrogens with zero attached hydrogens (tertiary/aromatic N) is 2. The molecule has 2 saturated heterocycles. The molecule has 2 heterocycles. The van der Waals surface area contributed by atoms with Crippen molar-refractivity contribution in [2.24, 2.45) is 5.73 Å². The van der Waals surface area contributed by atoms with E-state index in [2.05, 4.69) is 9.80 Å². The lowest BCUT2D eigenvalue weighted by molar-refractivity contribution is 0.0541. The molecule has 18 heavy (non-hydrogen) atoms. The van der Waals surface area contributed by atoms with Crippen LogP contribution in [0.1, 0.15) is 39.0 Å². The van der Waals surface area contributed by atoms with Gasteiger partial charge in [0.1, 0.15) is 0 Å². The molecule has 0 spiro atoms. The zero-order valence-electron chi connectivity index (χ0n) is 11.8. The summed E-state index contributed by atoms with van der Waals surface area (Å²) in [5.74, 6) is 0. The predicted octanol–water partition coefficient (Wildman–Crippen LogP) is 0.646. The summed E-state index contributed by atoms with van der Waals surface area (Å²) in [7, 11) is 0. The molecule has 2 atom stereocenters. The lowest BCUT2D eigenvalue weighted by Gasteiger charge is -2.27. The molecule has 2 unspecified atom stereocenters. The smallest absolute Gasteiger partial charge is 0.0741 e. The fourth-order valence-corrected chi connectivity index (χ4v) is 3.27. The zero-order chi connectivity index (χ0) is 13.0. The Balaban J connectivity index is 1.72. The van der Waals surface area contributed by atoms with Crippen LogP contribution in [-0.2, 0) is 0 Å². The Kier molecular flexibility index (Phi) is 5.01. The average molecular weight is 255 g/mol. The highest BCUT2D eigenvalue weighted by Crippen LogP contribution is 2.21. The molecule has 0 aliphatic carbocycles. The van der Waals surface area contributed by atoms with E-state index in [0.717, 1.165) is 25.4 Å². The minimum Gasteiger partial charge on any atom is -0.389 e. The van der Waals surface area contributed by atoms with E-state index >= 15 is 0 Å². The van der Waals surface area contributed by atoms with E-state index in [1.807, 2.05) is 6.92 Å². The molecule has 0 radical (unpaired) electrons. The lowest BCUT2D eigenvalue weighted by Crippen LogP contribution is -2.38. The van der Waals surface area contributed by atoms with E-state index < -0.39 is 5.60 Å². The molecule has 0 saturated carbocycles. The summed E-state index contributed by atoms with van der Waals surface area (Å²) in [6, 6.07) is 0.794. The van der Waals surface area contributed by atoms with Gasteiger partial charge in [0.15, 0.2) is 0 Å². The molecule has 0 aromatic rings. The van der Waals surface area contributed by atoms with Crippen molar-refractivity contribution in [3.63, 3.8) is 0 Å². The van der Waals surface area contributed by atoms with Crippen molar-refractivity contribution in [1.82, 2.24) is 9.80 Å². The Morgan fingerprint density at radius 3 is 2.83 bits per heavy atom. The molecule has 2 fully saturated rings. The Morgan fingerprint density at radius 2 is 2.06 bits per heavy atom. The second-order valence-electron chi connectivity index (χ2n) is 6.29. The van der Waals surface area contributed by atoms with Gasteiger partial charge in [0.2, 0.25) is 0 Å². The zero-order valence-corrected chi connectivity index (χ0v) is 11.8. The van der Waals surface area contributed by atoms with Crippen molar-refractivity contribution in [3.05, 3.63) is 0 Å². The normalized spacial score (nSPS) is 29.8. The summed E-state index contributed by atoms with van der Waals surface area (Å²) in [6.45, 7) is 8.35. The van der Waals surface area contributed by atoms with Crippen LogP contribution in [0.15, 0.2) is 0 Å². The largest absolute Gasteiger partial charge is 0.389 e. The first-order chi connectivity index (χ1) is 8.61. The first-order valence-electron chi connectivity index (χ1n) is 7.49. The van der Waals surface area contributed by atoms with E-state index in [-0.39, 0.29) is 0 Å². The van der Waals surface area contributed by atoms with Crippen molar-refractivity contribution < 1.29 is 5.11 Å². The van der Waals surface area contributed by atoms with Crippen LogP contribution in [0.3, 0.4) is 0 Å².